The average Bonchev–Trinajstić information content (AvgIpc) is 2.29. The number of rotatable bonds is 4. The molecule has 0 saturated carbocycles. The number of pyridine rings is 1. The van der Waals surface area contributed by atoms with E-state index in [9.17, 15) is 8.42 Å². The smallest absolute Gasteiger partial charge is 0.235 e. The lowest BCUT2D eigenvalue weighted by atomic mass is 10.1. The van der Waals surface area contributed by atoms with Gasteiger partial charge in [0.1, 0.15) is 0 Å². The van der Waals surface area contributed by atoms with Crippen molar-refractivity contribution < 1.29 is 13.5 Å². The van der Waals surface area contributed by atoms with Gasteiger partial charge in [0.25, 0.3) is 0 Å². The number of nitrogens with zero attached hydrogens (tertiary/aromatic N) is 1. The summed E-state index contributed by atoms with van der Waals surface area (Å²) >= 11 is 0. The summed E-state index contributed by atoms with van der Waals surface area (Å²) in [6, 6.07) is 7.02. The van der Waals surface area contributed by atoms with Crippen molar-refractivity contribution in [2.24, 2.45) is 0 Å². The van der Waals surface area contributed by atoms with E-state index in [1.165, 1.54) is 0 Å². The Hall–Kier alpha value is -1.66. The molecule has 1 aromatic heterocycles. The minimum atomic E-state index is -3.50. The average molecular weight is 252 g/mol. The quantitative estimate of drug-likeness (QED) is 0.849. The van der Waals surface area contributed by atoms with Gasteiger partial charge in [0.15, 0.2) is 0 Å². The first kappa shape index (κ1) is 11.8. The number of hydrogen-bond acceptors (Lipinski definition) is 4. The molecular formula is C11H12N2O3S. The number of hydrogen-bond donors (Lipinski definition) is 2. The number of fused-ring (bicyclic) bond motifs is 1. The Morgan fingerprint density at radius 2 is 2.12 bits per heavy atom. The molecule has 0 aliphatic carbocycles. The van der Waals surface area contributed by atoms with Gasteiger partial charge in [0.2, 0.25) is 10.0 Å². The van der Waals surface area contributed by atoms with Crippen LogP contribution in [0, 0.1) is 0 Å². The predicted molar refractivity (Wildman–Crippen MR) is 66.2 cm³/mol. The van der Waals surface area contributed by atoms with Crippen molar-refractivity contribution in [3.8, 4) is 0 Å². The van der Waals surface area contributed by atoms with Crippen LogP contribution in [0.3, 0.4) is 0 Å². The second-order valence-electron chi connectivity index (χ2n) is 3.55. The van der Waals surface area contributed by atoms with Gasteiger partial charge in [-0.15, -0.1) is 0 Å². The van der Waals surface area contributed by atoms with Crippen molar-refractivity contribution in [2.75, 3.05) is 17.1 Å². The van der Waals surface area contributed by atoms with Gasteiger partial charge in [-0.05, 0) is 12.1 Å². The zero-order chi connectivity index (χ0) is 12.3. The molecule has 1 heterocycles. The summed E-state index contributed by atoms with van der Waals surface area (Å²) in [5, 5.41) is 10.3. The van der Waals surface area contributed by atoms with Gasteiger partial charge in [0, 0.05) is 23.2 Å². The minimum Gasteiger partial charge on any atom is -0.395 e. The van der Waals surface area contributed by atoms with E-state index in [0.717, 1.165) is 10.8 Å². The molecule has 1 aromatic carbocycles. The summed E-state index contributed by atoms with van der Waals surface area (Å²) in [5.41, 5.74) is 0.498. The number of anilines is 1. The highest BCUT2D eigenvalue weighted by atomic mass is 32.2. The van der Waals surface area contributed by atoms with Crippen molar-refractivity contribution in [3.05, 3.63) is 36.7 Å². The summed E-state index contributed by atoms with van der Waals surface area (Å²) in [5.74, 6) is -0.311. The molecule has 90 valence electrons. The zero-order valence-corrected chi connectivity index (χ0v) is 9.81. The first-order valence-electron chi connectivity index (χ1n) is 5.06. The molecule has 0 radical (unpaired) electrons. The maximum Gasteiger partial charge on any atom is 0.235 e. The number of sulfonamides is 1. The molecule has 0 spiro atoms. The Morgan fingerprint density at radius 1 is 1.29 bits per heavy atom. The number of aliphatic hydroxyl groups excluding tert-OH is 1. The van der Waals surface area contributed by atoms with Crippen LogP contribution in [0.5, 0.6) is 0 Å². The van der Waals surface area contributed by atoms with Crippen LogP contribution in [0.4, 0.5) is 5.69 Å². The summed E-state index contributed by atoms with van der Waals surface area (Å²) in [6.07, 6.45) is 3.27. The molecule has 0 fully saturated rings. The number of benzene rings is 1. The van der Waals surface area contributed by atoms with Crippen LogP contribution >= 0.6 is 0 Å². The van der Waals surface area contributed by atoms with E-state index in [-0.39, 0.29) is 5.75 Å². The van der Waals surface area contributed by atoms with Gasteiger partial charge in [0.05, 0.1) is 18.0 Å². The SMILES string of the molecule is O=S(=O)(CCO)Nc1cccc2cnccc12. The second-order valence-corrected chi connectivity index (χ2v) is 5.39. The fraction of sp³-hybridized carbons (Fsp3) is 0.182. The van der Waals surface area contributed by atoms with Crippen LogP contribution in [0.15, 0.2) is 36.7 Å². The van der Waals surface area contributed by atoms with E-state index in [1.807, 2.05) is 6.07 Å². The highest BCUT2D eigenvalue weighted by Crippen LogP contribution is 2.22. The standard InChI is InChI=1S/C11H12N2O3S/c14-6-7-17(15,16)13-11-3-1-2-9-8-12-5-4-10(9)11/h1-5,8,13-14H,6-7H2. The third-order valence-electron chi connectivity index (χ3n) is 2.31. The third-order valence-corrected chi connectivity index (χ3v) is 3.56. The number of nitrogens with one attached hydrogen (secondary N) is 1. The normalized spacial score (nSPS) is 11.6. The maximum absolute atomic E-state index is 11.6. The van der Waals surface area contributed by atoms with E-state index in [0.29, 0.717) is 5.69 Å². The first-order chi connectivity index (χ1) is 8.12. The van der Waals surface area contributed by atoms with Gasteiger partial charge in [-0.2, -0.15) is 0 Å². The molecule has 2 rings (SSSR count). The van der Waals surface area contributed by atoms with Gasteiger partial charge >= 0.3 is 0 Å². The first-order valence-corrected chi connectivity index (χ1v) is 6.72. The van der Waals surface area contributed by atoms with Crippen molar-refractivity contribution in [1.29, 1.82) is 0 Å². The van der Waals surface area contributed by atoms with Crippen LogP contribution in [-0.2, 0) is 10.0 Å². The largest absolute Gasteiger partial charge is 0.395 e. The summed E-state index contributed by atoms with van der Waals surface area (Å²) in [6.45, 7) is -0.401. The van der Waals surface area contributed by atoms with Crippen LogP contribution < -0.4 is 4.72 Å². The lowest BCUT2D eigenvalue weighted by Gasteiger charge is -2.09. The van der Waals surface area contributed by atoms with Crippen LogP contribution in [0.2, 0.25) is 0 Å². The van der Waals surface area contributed by atoms with Gasteiger partial charge in [-0.3, -0.25) is 9.71 Å². The number of aliphatic hydroxyl groups is 1. The van der Waals surface area contributed by atoms with E-state index in [1.54, 1.807) is 30.6 Å². The van der Waals surface area contributed by atoms with Crippen LogP contribution in [-0.4, -0.2) is 30.9 Å². The molecule has 0 amide bonds. The third kappa shape index (κ3) is 2.72. The lowest BCUT2D eigenvalue weighted by molar-refractivity contribution is 0.320. The second kappa shape index (κ2) is 4.68. The van der Waals surface area contributed by atoms with E-state index < -0.39 is 16.6 Å². The molecule has 0 unspecified atom stereocenters. The Labute approximate surface area is 99.2 Å². The zero-order valence-electron chi connectivity index (χ0n) is 9.00. The molecule has 2 aromatic rings. The molecule has 0 bridgehead atoms. The molecular weight excluding hydrogens is 240 g/mol. The van der Waals surface area contributed by atoms with Crippen LogP contribution in [0.25, 0.3) is 10.8 Å². The summed E-state index contributed by atoms with van der Waals surface area (Å²) in [7, 11) is -3.50. The molecule has 0 saturated heterocycles. The van der Waals surface area contributed by atoms with E-state index in [2.05, 4.69) is 9.71 Å². The molecule has 17 heavy (non-hydrogen) atoms. The lowest BCUT2D eigenvalue weighted by Crippen LogP contribution is -2.18. The topological polar surface area (TPSA) is 79.3 Å². The van der Waals surface area contributed by atoms with E-state index in [4.69, 9.17) is 5.11 Å². The summed E-state index contributed by atoms with van der Waals surface area (Å²) < 4.78 is 25.6. The fourth-order valence-electron chi connectivity index (χ4n) is 1.55. The predicted octanol–water partition coefficient (Wildman–Crippen LogP) is 0.969. The Bertz CT molecular complexity index is 620. The van der Waals surface area contributed by atoms with Crippen molar-refractivity contribution in [1.82, 2.24) is 4.98 Å². The minimum absolute atomic E-state index is 0.311. The molecule has 0 aliphatic heterocycles. The molecule has 6 heteroatoms. The Balaban J connectivity index is 2.43. The Morgan fingerprint density at radius 3 is 2.88 bits per heavy atom. The van der Waals surface area contributed by atoms with Crippen LogP contribution in [0.1, 0.15) is 0 Å². The molecule has 0 atom stereocenters. The van der Waals surface area contributed by atoms with Gasteiger partial charge in [-0.1, -0.05) is 12.1 Å². The summed E-state index contributed by atoms with van der Waals surface area (Å²) in [4.78, 5) is 3.97. The van der Waals surface area contributed by atoms with Gasteiger partial charge < -0.3 is 5.11 Å². The monoisotopic (exact) mass is 252 g/mol. The molecule has 5 nitrogen and oxygen atoms in total. The maximum atomic E-state index is 11.6. The van der Waals surface area contributed by atoms with Crippen molar-refractivity contribution >= 4 is 26.5 Å². The molecule has 2 N–H and O–H groups in total. The van der Waals surface area contributed by atoms with Crippen molar-refractivity contribution in [3.63, 3.8) is 0 Å². The van der Waals surface area contributed by atoms with Gasteiger partial charge in [-0.25, -0.2) is 8.42 Å². The fourth-order valence-corrected chi connectivity index (χ4v) is 2.41. The highest BCUT2D eigenvalue weighted by molar-refractivity contribution is 7.92. The molecule has 0 aliphatic rings. The number of aromatic nitrogens is 1. The highest BCUT2D eigenvalue weighted by Gasteiger charge is 2.10. The van der Waals surface area contributed by atoms with E-state index >= 15 is 0 Å². The van der Waals surface area contributed by atoms with Crippen molar-refractivity contribution in [2.45, 2.75) is 0 Å². The Kier molecular flexibility index (Phi) is 3.26.